The van der Waals surface area contributed by atoms with Crippen LogP contribution in [0.5, 0.6) is 0 Å². The summed E-state index contributed by atoms with van der Waals surface area (Å²) in [7, 11) is -3.46. The second-order valence-electron chi connectivity index (χ2n) is 4.97. The van der Waals surface area contributed by atoms with Gasteiger partial charge in [0.15, 0.2) is 5.96 Å². The first-order valence-corrected chi connectivity index (χ1v) is 9.13. The first-order chi connectivity index (χ1) is 10.6. The van der Waals surface area contributed by atoms with Crippen LogP contribution < -0.4 is 15.8 Å². The molecule has 8 heteroatoms. The monoisotopic (exact) mass is 454 g/mol. The summed E-state index contributed by atoms with van der Waals surface area (Å²) in [6, 6.07) is 8.27. The van der Waals surface area contributed by atoms with E-state index in [-0.39, 0.29) is 35.4 Å². The molecule has 0 fully saturated rings. The molecule has 0 radical (unpaired) electrons. The van der Waals surface area contributed by atoms with Crippen LogP contribution in [0.25, 0.3) is 0 Å². The van der Waals surface area contributed by atoms with Crippen LogP contribution >= 0.6 is 24.0 Å². The lowest BCUT2D eigenvalue weighted by atomic mass is 10.2. The molecule has 0 aromatic heterocycles. The van der Waals surface area contributed by atoms with Crippen molar-refractivity contribution < 1.29 is 8.42 Å². The Bertz CT molecular complexity index is 550. The van der Waals surface area contributed by atoms with Gasteiger partial charge in [0.1, 0.15) is 0 Å². The number of halogens is 1. The number of aliphatic imine (C=N–C) groups is 1. The third kappa shape index (κ3) is 9.77. The Morgan fingerprint density at radius 1 is 1.13 bits per heavy atom. The Balaban J connectivity index is 0.00000484. The van der Waals surface area contributed by atoms with Crippen molar-refractivity contribution in [2.75, 3.05) is 19.6 Å². The summed E-state index contributed by atoms with van der Waals surface area (Å²) in [6.45, 7) is 3.52. The predicted octanol–water partition coefficient (Wildman–Crippen LogP) is 2.07. The molecule has 0 atom stereocenters. The number of nitrogens with zero attached hydrogens (tertiary/aromatic N) is 1. The van der Waals surface area contributed by atoms with E-state index in [1.54, 1.807) is 30.3 Å². The van der Waals surface area contributed by atoms with Crippen LogP contribution in [0.2, 0.25) is 0 Å². The Hall–Kier alpha value is -0.870. The van der Waals surface area contributed by atoms with Gasteiger partial charge in [0.2, 0.25) is 10.0 Å². The van der Waals surface area contributed by atoms with E-state index in [0.717, 1.165) is 12.8 Å². The maximum atomic E-state index is 11.9. The van der Waals surface area contributed by atoms with Gasteiger partial charge in [-0.3, -0.25) is 4.99 Å². The minimum Gasteiger partial charge on any atom is -0.370 e. The zero-order valence-electron chi connectivity index (χ0n) is 13.5. The highest BCUT2D eigenvalue weighted by Gasteiger charge is 2.11. The maximum Gasteiger partial charge on any atom is 0.240 e. The predicted molar refractivity (Wildman–Crippen MR) is 106 cm³/mol. The molecule has 0 aliphatic carbocycles. The molecule has 6 nitrogen and oxygen atoms in total. The lowest BCUT2D eigenvalue weighted by Gasteiger charge is -2.08. The Morgan fingerprint density at radius 3 is 2.48 bits per heavy atom. The van der Waals surface area contributed by atoms with Gasteiger partial charge in [-0.05, 0) is 18.6 Å². The van der Waals surface area contributed by atoms with Crippen LogP contribution in [-0.2, 0) is 10.0 Å². The van der Waals surface area contributed by atoms with Gasteiger partial charge in [0, 0.05) is 19.6 Å². The summed E-state index contributed by atoms with van der Waals surface area (Å²) in [5.74, 6) is 0.357. The molecule has 0 aliphatic heterocycles. The minimum absolute atomic E-state index is 0. The molecule has 0 saturated heterocycles. The molecular weight excluding hydrogens is 427 g/mol. The highest BCUT2D eigenvalue weighted by molar-refractivity contribution is 14.0. The standard InChI is InChI=1S/C15H26N4O2S.HI/c1-2-3-4-8-11-17-15(16)18-12-13-19-22(20,21)14-9-6-5-7-10-14;/h5-7,9-10,19H,2-4,8,11-13H2,1H3,(H3,16,17,18);1H. The molecule has 0 aliphatic rings. The van der Waals surface area contributed by atoms with Gasteiger partial charge in [-0.25, -0.2) is 13.1 Å². The molecule has 0 bridgehead atoms. The second kappa shape index (κ2) is 12.5. The summed E-state index contributed by atoms with van der Waals surface area (Å²) in [5.41, 5.74) is 5.71. The van der Waals surface area contributed by atoms with Crippen LogP contribution in [0.15, 0.2) is 40.2 Å². The SMILES string of the molecule is CCCCCCN=C(N)NCCNS(=O)(=O)c1ccccc1.I. The number of sulfonamides is 1. The Labute approximate surface area is 156 Å². The molecule has 0 spiro atoms. The summed E-state index contributed by atoms with van der Waals surface area (Å²) >= 11 is 0. The van der Waals surface area contributed by atoms with Crippen molar-refractivity contribution in [2.45, 2.75) is 37.5 Å². The molecule has 23 heavy (non-hydrogen) atoms. The van der Waals surface area contributed by atoms with Gasteiger partial charge in [-0.15, -0.1) is 24.0 Å². The minimum atomic E-state index is -3.46. The summed E-state index contributed by atoms with van der Waals surface area (Å²) in [4.78, 5) is 4.45. The van der Waals surface area contributed by atoms with Crippen molar-refractivity contribution in [3.63, 3.8) is 0 Å². The van der Waals surface area contributed by atoms with Gasteiger partial charge in [-0.1, -0.05) is 44.4 Å². The quantitative estimate of drug-likeness (QED) is 0.218. The summed E-state index contributed by atoms with van der Waals surface area (Å²) < 4.78 is 26.4. The molecule has 132 valence electrons. The van der Waals surface area contributed by atoms with Crippen molar-refractivity contribution in [3.8, 4) is 0 Å². The normalized spacial score (nSPS) is 11.8. The smallest absolute Gasteiger partial charge is 0.240 e. The highest BCUT2D eigenvalue weighted by atomic mass is 127. The largest absolute Gasteiger partial charge is 0.370 e. The molecule has 1 aromatic rings. The van der Waals surface area contributed by atoms with Crippen molar-refractivity contribution in [2.24, 2.45) is 10.7 Å². The number of hydrogen-bond acceptors (Lipinski definition) is 3. The number of unbranched alkanes of at least 4 members (excludes halogenated alkanes) is 3. The molecule has 0 unspecified atom stereocenters. The number of nitrogens with one attached hydrogen (secondary N) is 2. The molecular formula is C15H27IN4O2S. The molecule has 0 amide bonds. The van der Waals surface area contributed by atoms with Gasteiger partial charge in [0.25, 0.3) is 0 Å². The van der Waals surface area contributed by atoms with E-state index >= 15 is 0 Å². The zero-order chi connectivity index (χ0) is 16.3. The van der Waals surface area contributed by atoms with Gasteiger partial charge >= 0.3 is 0 Å². The number of rotatable bonds is 10. The van der Waals surface area contributed by atoms with Crippen LogP contribution in [0.3, 0.4) is 0 Å². The van der Waals surface area contributed by atoms with E-state index in [2.05, 4.69) is 22.0 Å². The summed E-state index contributed by atoms with van der Waals surface area (Å²) in [6.07, 6.45) is 4.59. The van der Waals surface area contributed by atoms with Gasteiger partial charge < -0.3 is 11.1 Å². The van der Waals surface area contributed by atoms with Crippen molar-refractivity contribution in [3.05, 3.63) is 30.3 Å². The van der Waals surface area contributed by atoms with E-state index in [1.807, 2.05) is 0 Å². The van der Waals surface area contributed by atoms with E-state index in [1.165, 1.54) is 12.8 Å². The van der Waals surface area contributed by atoms with E-state index in [9.17, 15) is 8.42 Å². The lowest BCUT2D eigenvalue weighted by molar-refractivity contribution is 0.580. The number of nitrogens with two attached hydrogens (primary N) is 1. The fraction of sp³-hybridized carbons (Fsp3) is 0.533. The van der Waals surface area contributed by atoms with E-state index in [4.69, 9.17) is 5.73 Å². The number of hydrogen-bond donors (Lipinski definition) is 3. The maximum absolute atomic E-state index is 11.9. The Kier molecular flexibility index (Phi) is 12.1. The van der Waals surface area contributed by atoms with E-state index < -0.39 is 10.0 Å². The fourth-order valence-corrected chi connectivity index (χ4v) is 2.91. The lowest BCUT2D eigenvalue weighted by Crippen LogP contribution is -2.38. The third-order valence-corrected chi connectivity index (χ3v) is 4.55. The number of benzene rings is 1. The number of guanidine groups is 1. The van der Waals surface area contributed by atoms with Crippen LogP contribution in [0, 0.1) is 0 Å². The molecule has 4 N–H and O–H groups in total. The third-order valence-electron chi connectivity index (χ3n) is 3.07. The van der Waals surface area contributed by atoms with E-state index in [0.29, 0.717) is 19.0 Å². The van der Waals surface area contributed by atoms with Crippen LogP contribution in [0.4, 0.5) is 0 Å². The summed E-state index contributed by atoms with van der Waals surface area (Å²) in [5, 5.41) is 2.90. The molecule has 0 heterocycles. The Morgan fingerprint density at radius 2 is 1.83 bits per heavy atom. The van der Waals surface area contributed by atoms with Crippen LogP contribution in [0.1, 0.15) is 32.6 Å². The second-order valence-corrected chi connectivity index (χ2v) is 6.73. The average Bonchev–Trinajstić information content (AvgIpc) is 2.52. The first-order valence-electron chi connectivity index (χ1n) is 7.64. The zero-order valence-corrected chi connectivity index (χ0v) is 16.6. The molecule has 1 rings (SSSR count). The fourth-order valence-electron chi connectivity index (χ4n) is 1.85. The van der Waals surface area contributed by atoms with Gasteiger partial charge in [0.05, 0.1) is 4.90 Å². The highest BCUT2D eigenvalue weighted by Crippen LogP contribution is 2.06. The van der Waals surface area contributed by atoms with Crippen molar-refractivity contribution >= 4 is 40.0 Å². The van der Waals surface area contributed by atoms with Crippen molar-refractivity contribution in [1.29, 1.82) is 0 Å². The first kappa shape index (κ1) is 22.1. The molecule has 1 aromatic carbocycles. The van der Waals surface area contributed by atoms with Gasteiger partial charge in [-0.2, -0.15) is 0 Å². The average molecular weight is 454 g/mol. The van der Waals surface area contributed by atoms with Crippen molar-refractivity contribution in [1.82, 2.24) is 10.0 Å². The molecule has 0 saturated carbocycles. The van der Waals surface area contributed by atoms with Crippen LogP contribution in [-0.4, -0.2) is 34.0 Å². The topological polar surface area (TPSA) is 96.6 Å².